The average Bonchev–Trinajstić information content (AvgIpc) is 3.23. The summed E-state index contributed by atoms with van der Waals surface area (Å²) in [5.41, 5.74) is 4.42. The Kier molecular flexibility index (Phi) is 5.80. The van der Waals surface area contributed by atoms with Crippen LogP contribution in [0.5, 0.6) is 0 Å². The standard InChI is InChI=1S/C25H20FN3O/c26-22-14-11-19(12-15-22)13-16-24(30)27-17-21-18-29(23-9-5-2-6-10-23)28-25(21)20-7-3-1-4-8-20/h1-16,18H,17H2,(H,27,30)/b16-13+. The van der Waals surface area contributed by atoms with E-state index in [4.69, 9.17) is 5.10 Å². The summed E-state index contributed by atoms with van der Waals surface area (Å²) in [6, 6.07) is 25.7. The minimum absolute atomic E-state index is 0.231. The summed E-state index contributed by atoms with van der Waals surface area (Å²) < 4.78 is 14.8. The molecular formula is C25H20FN3O. The molecular weight excluding hydrogens is 377 g/mol. The van der Waals surface area contributed by atoms with E-state index in [0.717, 1.165) is 28.1 Å². The van der Waals surface area contributed by atoms with Gasteiger partial charge in [0.1, 0.15) is 5.82 Å². The molecule has 0 saturated heterocycles. The van der Waals surface area contributed by atoms with Gasteiger partial charge >= 0.3 is 0 Å². The molecule has 0 aliphatic rings. The van der Waals surface area contributed by atoms with Crippen LogP contribution in [0.15, 0.2) is 97.2 Å². The fraction of sp³-hybridized carbons (Fsp3) is 0.0400. The van der Waals surface area contributed by atoms with Gasteiger partial charge in [0.05, 0.1) is 11.4 Å². The Morgan fingerprint density at radius 1 is 0.933 bits per heavy atom. The van der Waals surface area contributed by atoms with Gasteiger partial charge in [0.15, 0.2) is 0 Å². The van der Waals surface area contributed by atoms with Crippen LogP contribution < -0.4 is 5.32 Å². The molecule has 0 bridgehead atoms. The lowest BCUT2D eigenvalue weighted by molar-refractivity contribution is -0.116. The van der Waals surface area contributed by atoms with Crippen molar-refractivity contribution in [1.29, 1.82) is 0 Å². The molecule has 0 atom stereocenters. The zero-order valence-electron chi connectivity index (χ0n) is 16.2. The summed E-state index contributed by atoms with van der Waals surface area (Å²) >= 11 is 0. The van der Waals surface area contributed by atoms with Crippen molar-refractivity contribution in [3.63, 3.8) is 0 Å². The zero-order valence-corrected chi connectivity index (χ0v) is 16.2. The van der Waals surface area contributed by atoms with E-state index in [1.807, 2.05) is 71.5 Å². The van der Waals surface area contributed by atoms with Crippen LogP contribution in [-0.2, 0) is 11.3 Å². The third-order valence-corrected chi connectivity index (χ3v) is 4.61. The number of rotatable bonds is 6. The molecule has 0 aliphatic carbocycles. The molecule has 0 radical (unpaired) electrons. The van der Waals surface area contributed by atoms with Gasteiger partial charge in [0.2, 0.25) is 5.91 Å². The van der Waals surface area contributed by atoms with Gasteiger partial charge in [0, 0.05) is 29.9 Å². The molecule has 1 N–H and O–H groups in total. The highest BCUT2D eigenvalue weighted by molar-refractivity contribution is 5.91. The number of halogens is 1. The smallest absolute Gasteiger partial charge is 0.244 e. The van der Waals surface area contributed by atoms with Gasteiger partial charge in [-0.05, 0) is 35.9 Å². The largest absolute Gasteiger partial charge is 0.348 e. The Morgan fingerprint density at radius 3 is 2.30 bits per heavy atom. The first kappa shape index (κ1) is 19.3. The number of carbonyl (C=O) groups excluding carboxylic acids is 1. The van der Waals surface area contributed by atoms with Crippen molar-refractivity contribution in [3.05, 3.63) is 114 Å². The van der Waals surface area contributed by atoms with Crippen molar-refractivity contribution in [3.8, 4) is 16.9 Å². The summed E-state index contributed by atoms with van der Waals surface area (Å²) in [4.78, 5) is 12.3. The highest BCUT2D eigenvalue weighted by atomic mass is 19.1. The minimum atomic E-state index is -0.305. The summed E-state index contributed by atoms with van der Waals surface area (Å²) in [6.45, 7) is 0.337. The highest BCUT2D eigenvalue weighted by Gasteiger charge is 2.12. The van der Waals surface area contributed by atoms with Crippen LogP contribution in [0, 0.1) is 5.82 Å². The maximum absolute atomic E-state index is 13.0. The molecule has 4 aromatic rings. The van der Waals surface area contributed by atoms with Gasteiger partial charge in [-0.15, -0.1) is 0 Å². The van der Waals surface area contributed by atoms with Crippen LogP contribution in [0.4, 0.5) is 4.39 Å². The van der Waals surface area contributed by atoms with Crippen molar-refractivity contribution in [2.24, 2.45) is 0 Å². The topological polar surface area (TPSA) is 46.9 Å². The van der Waals surface area contributed by atoms with Crippen LogP contribution in [0.25, 0.3) is 23.0 Å². The molecule has 4 rings (SSSR count). The molecule has 0 spiro atoms. The minimum Gasteiger partial charge on any atom is -0.348 e. The second-order valence-corrected chi connectivity index (χ2v) is 6.75. The number of aromatic nitrogens is 2. The fourth-order valence-corrected chi connectivity index (χ4v) is 3.08. The van der Waals surface area contributed by atoms with Crippen LogP contribution in [0.3, 0.4) is 0 Å². The van der Waals surface area contributed by atoms with Crippen LogP contribution in [-0.4, -0.2) is 15.7 Å². The monoisotopic (exact) mass is 397 g/mol. The highest BCUT2D eigenvalue weighted by Crippen LogP contribution is 2.23. The number of para-hydroxylation sites is 1. The summed E-state index contributed by atoms with van der Waals surface area (Å²) in [5.74, 6) is -0.536. The van der Waals surface area contributed by atoms with Crippen molar-refractivity contribution in [1.82, 2.24) is 15.1 Å². The number of amides is 1. The number of nitrogens with one attached hydrogen (secondary N) is 1. The zero-order chi connectivity index (χ0) is 20.8. The molecule has 0 fully saturated rings. The van der Waals surface area contributed by atoms with Crippen LogP contribution in [0.1, 0.15) is 11.1 Å². The Labute approximate surface area is 174 Å². The summed E-state index contributed by atoms with van der Waals surface area (Å²) in [6.07, 6.45) is 5.03. The lowest BCUT2D eigenvalue weighted by Crippen LogP contribution is -2.20. The van der Waals surface area contributed by atoms with E-state index < -0.39 is 0 Å². The van der Waals surface area contributed by atoms with Gasteiger partial charge in [-0.25, -0.2) is 9.07 Å². The third kappa shape index (κ3) is 4.70. The lowest BCUT2D eigenvalue weighted by Gasteiger charge is -2.03. The molecule has 0 aliphatic heterocycles. The molecule has 4 nitrogen and oxygen atoms in total. The number of hydrogen-bond acceptors (Lipinski definition) is 2. The van der Waals surface area contributed by atoms with E-state index in [9.17, 15) is 9.18 Å². The van der Waals surface area contributed by atoms with E-state index in [-0.39, 0.29) is 11.7 Å². The van der Waals surface area contributed by atoms with E-state index in [1.165, 1.54) is 18.2 Å². The predicted molar refractivity (Wildman–Crippen MR) is 116 cm³/mol. The second-order valence-electron chi connectivity index (χ2n) is 6.75. The Morgan fingerprint density at radius 2 is 1.60 bits per heavy atom. The Hall–Kier alpha value is -3.99. The summed E-state index contributed by atoms with van der Waals surface area (Å²) in [7, 11) is 0. The van der Waals surface area contributed by atoms with Gasteiger partial charge in [-0.2, -0.15) is 5.10 Å². The van der Waals surface area contributed by atoms with Crippen molar-refractivity contribution in [2.75, 3.05) is 0 Å². The molecule has 0 saturated carbocycles. The lowest BCUT2D eigenvalue weighted by atomic mass is 10.1. The van der Waals surface area contributed by atoms with Gasteiger partial charge in [-0.1, -0.05) is 60.7 Å². The molecule has 0 unspecified atom stereocenters. The van der Waals surface area contributed by atoms with Crippen molar-refractivity contribution < 1.29 is 9.18 Å². The number of carbonyl (C=O) groups is 1. The first-order chi connectivity index (χ1) is 14.7. The van der Waals surface area contributed by atoms with Gasteiger partial charge in [-0.3, -0.25) is 4.79 Å². The quantitative estimate of drug-likeness (QED) is 0.465. The maximum Gasteiger partial charge on any atom is 0.244 e. The van der Waals surface area contributed by atoms with Gasteiger partial charge in [0.25, 0.3) is 0 Å². The molecule has 1 aromatic heterocycles. The van der Waals surface area contributed by atoms with Crippen molar-refractivity contribution in [2.45, 2.75) is 6.54 Å². The second kappa shape index (κ2) is 9.01. The molecule has 1 amide bonds. The third-order valence-electron chi connectivity index (χ3n) is 4.61. The molecule has 30 heavy (non-hydrogen) atoms. The number of benzene rings is 3. The van der Waals surface area contributed by atoms with Crippen LogP contribution >= 0.6 is 0 Å². The summed E-state index contributed by atoms with van der Waals surface area (Å²) in [5, 5.41) is 7.64. The number of nitrogens with zero attached hydrogens (tertiary/aromatic N) is 2. The SMILES string of the molecule is O=C(/C=C/c1ccc(F)cc1)NCc1cn(-c2ccccc2)nc1-c1ccccc1. The Balaban J connectivity index is 1.53. The molecule has 1 heterocycles. The van der Waals surface area contributed by atoms with E-state index in [1.54, 1.807) is 18.2 Å². The molecule has 3 aromatic carbocycles. The average molecular weight is 397 g/mol. The van der Waals surface area contributed by atoms with E-state index in [0.29, 0.717) is 6.54 Å². The van der Waals surface area contributed by atoms with Gasteiger partial charge < -0.3 is 5.32 Å². The van der Waals surface area contributed by atoms with Crippen molar-refractivity contribution >= 4 is 12.0 Å². The van der Waals surface area contributed by atoms with Crippen LogP contribution in [0.2, 0.25) is 0 Å². The maximum atomic E-state index is 13.0. The first-order valence-corrected chi connectivity index (χ1v) is 9.60. The normalized spacial score (nSPS) is 11.0. The fourth-order valence-electron chi connectivity index (χ4n) is 3.08. The number of hydrogen-bond donors (Lipinski definition) is 1. The predicted octanol–water partition coefficient (Wildman–Crippen LogP) is 5.01. The first-order valence-electron chi connectivity index (χ1n) is 9.60. The van der Waals surface area contributed by atoms with E-state index in [2.05, 4.69) is 5.32 Å². The molecule has 5 heteroatoms. The molecule has 148 valence electrons. The Bertz CT molecular complexity index is 1150. The van der Waals surface area contributed by atoms with E-state index >= 15 is 0 Å².